The maximum atomic E-state index is 12.5. The standard InChI is InChI=1S/C15H9Cl2N3O2S3/c16-9-3-1-2-8(12(9)17)6-10-13(22)20(15(23)25-10)7-11(21)19-14-18-4-5-24-14/h1-6H,7H2,(H,18,19,21)/b10-6-. The Bertz CT molecular complexity index is 884. The number of benzene rings is 1. The number of carbonyl (C=O) groups is 2. The van der Waals surface area contributed by atoms with Crippen LogP contribution >= 0.6 is 58.5 Å². The average Bonchev–Trinajstić information content (AvgIpc) is 3.16. The van der Waals surface area contributed by atoms with Crippen molar-refractivity contribution < 1.29 is 9.59 Å². The largest absolute Gasteiger partial charge is 0.300 e. The van der Waals surface area contributed by atoms with Gasteiger partial charge in [0.2, 0.25) is 5.91 Å². The molecular weight excluding hydrogens is 421 g/mol. The van der Waals surface area contributed by atoms with E-state index in [2.05, 4.69) is 10.3 Å². The molecule has 128 valence electrons. The molecule has 1 fully saturated rings. The van der Waals surface area contributed by atoms with Crippen LogP contribution in [-0.2, 0) is 9.59 Å². The van der Waals surface area contributed by atoms with Gasteiger partial charge in [-0.2, -0.15) is 0 Å². The van der Waals surface area contributed by atoms with Crippen molar-refractivity contribution in [3.8, 4) is 0 Å². The summed E-state index contributed by atoms with van der Waals surface area (Å²) in [7, 11) is 0. The number of thiocarbonyl (C=S) groups is 1. The van der Waals surface area contributed by atoms with Gasteiger partial charge in [0.15, 0.2) is 5.13 Å². The van der Waals surface area contributed by atoms with Gasteiger partial charge < -0.3 is 5.32 Å². The molecular formula is C15H9Cl2N3O2S3. The Morgan fingerprint density at radius 3 is 2.92 bits per heavy atom. The second kappa shape index (κ2) is 7.84. The monoisotopic (exact) mass is 429 g/mol. The molecule has 0 bridgehead atoms. The van der Waals surface area contributed by atoms with Crippen molar-refractivity contribution >= 4 is 85.9 Å². The lowest BCUT2D eigenvalue weighted by Crippen LogP contribution is -2.36. The van der Waals surface area contributed by atoms with Crippen LogP contribution in [0.15, 0.2) is 34.7 Å². The normalized spacial score (nSPS) is 15.9. The van der Waals surface area contributed by atoms with Crippen LogP contribution in [0.25, 0.3) is 6.08 Å². The maximum Gasteiger partial charge on any atom is 0.266 e. The predicted molar refractivity (Wildman–Crippen MR) is 107 cm³/mol. The number of rotatable bonds is 4. The van der Waals surface area contributed by atoms with E-state index in [1.807, 2.05) is 0 Å². The fourth-order valence-corrected chi connectivity index (χ4v) is 4.15. The zero-order valence-corrected chi connectivity index (χ0v) is 16.3. The van der Waals surface area contributed by atoms with Crippen LogP contribution in [0.3, 0.4) is 0 Å². The SMILES string of the molecule is O=C(CN1C(=O)/C(=C/c2cccc(Cl)c2Cl)SC1=S)Nc1nccs1. The third kappa shape index (κ3) is 4.21. The number of hydrogen-bond donors (Lipinski definition) is 1. The third-order valence-electron chi connectivity index (χ3n) is 3.12. The summed E-state index contributed by atoms with van der Waals surface area (Å²) >= 11 is 19.7. The molecule has 0 spiro atoms. The summed E-state index contributed by atoms with van der Waals surface area (Å²) in [4.78, 5) is 30.2. The first kappa shape index (κ1) is 18.3. The molecule has 3 rings (SSSR count). The lowest BCUT2D eigenvalue weighted by atomic mass is 10.2. The molecule has 0 unspecified atom stereocenters. The van der Waals surface area contributed by atoms with Crippen molar-refractivity contribution in [2.24, 2.45) is 0 Å². The van der Waals surface area contributed by atoms with Crippen LogP contribution in [0.1, 0.15) is 5.56 Å². The van der Waals surface area contributed by atoms with Gasteiger partial charge in [-0.05, 0) is 17.7 Å². The minimum absolute atomic E-state index is 0.176. The fraction of sp³-hybridized carbons (Fsp3) is 0.0667. The number of anilines is 1. The molecule has 1 aromatic heterocycles. The summed E-state index contributed by atoms with van der Waals surface area (Å²) < 4.78 is 0.309. The molecule has 2 heterocycles. The minimum Gasteiger partial charge on any atom is -0.300 e. The summed E-state index contributed by atoms with van der Waals surface area (Å²) in [5.41, 5.74) is 0.613. The number of thioether (sulfide) groups is 1. The van der Waals surface area contributed by atoms with Gasteiger partial charge in [0.05, 0.1) is 15.0 Å². The average molecular weight is 430 g/mol. The van der Waals surface area contributed by atoms with Gasteiger partial charge in [-0.25, -0.2) is 4.98 Å². The van der Waals surface area contributed by atoms with Gasteiger partial charge in [-0.1, -0.05) is 59.3 Å². The molecule has 0 aliphatic carbocycles. The van der Waals surface area contributed by atoms with E-state index in [1.54, 1.807) is 35.9 Å². The lowest BCUT2D eigenvalue weighted by Gasteiger charge is -2.13. The van der Waals surface area contributed by atoms with Crippen LogP contribution in [0.5, 0.6) is 0 Å². The molecule has 1 aliphatic rings. The minimum atomic E-state index is -0.367. The summed E-state index contributed by atoms with van der Waals surface area (Å²) in [5.74, 6) is -0.714. The molecule has 2 amide bonds. The topological polar surface area (TPSA) is 62.3 Å². The van der Waals surface area contributed by atoms with E-state index in [-0.39, 0.29) is 18.4 Å². The van der Waals surface area contributed by atoms with E-state index in [0.29, 0.717) is 30.0 Å². The van der Waals surface area contributed by atoms with Crippen LogP contribution in [0.2, 0.25) is 10.0 Å². The zero-order chi connectivity index (χ0) is 18.0. The van der Waals surface area contributed by atoms with Gasteiger partial charge in [-0.15, -0.1) is 11.3 Å². The molecule has 2 aromatic rings. The van der Waals surface area contributed by atoms with Gasteiger partial charge >= 0.3 is 0 Å². The Morgan fingerprint density at radius 2 is 2.20 bits per heavy atom. The van der Waals surface area contributed by atoms with Crippen molar-refractivity contribution in [1.82, 2.24) is 9.88 Å². The Morgan fingerprint density at radius 1 is 1.40 bits per heavy atom. The van der Waals surface area contributed by atoms with Crippen LogP contribution < -0.4 is 5.32 Å². The highest BCUT2D eigenvalue weighted by molar-refractivity contribution is 8.26. The molecule has 0 saturated carbocycles. The van der Waals surface area contributed by atoms with Crippen LogP contribution in [-0.4, -0.2) is 32.6 Å². The highest BCUT2D eigenvalue weighted by atomic mass is 35.5. The van der Waals surface area contributed by atoms with E-state index < -0.39 is 0 Å². The van der Waals surface area contributed by atoms with Crippen LogP contribution in [0.4, 0.5) is 5.13 Å². The maximum absolute atomic E-state index is 12.5. The molecule has 1 aliphatic heterocycles. The summed E-state index contributed by atoms with van der Waals surface area (Å²) in [6.07, 6.45) is 3.20. The van der Waals surface area contributed by atoms with Crippen LogP contribution in [0, 0.1) is 0 Å². The van der Waals surface area contributed by atoms with E-state index >= 15 is 0 Å². The Labute approximate surface area is 167 Å². The van der Waals surface area contributed by atoms with Crippen molar-refractivity contribution in [3.05, 3.63) is 50.3 Å². The Kier molecular flexibility index (Phi) is 5.75. The first-order chi connectivity index (χ1) is 12.0. The van der Waals surface area contributed by atoms with Gasteiger partial charge in [0.1, 0.15) is 10.9 Å². The second-order valence-corrected chi connectivity index (χ2v) is 8.15. The molecule has 0 atom stereocenters. The number of nitrogens with zero attached hydrogens (tertiary/aromatic N) is 2. The fourth-order valence-electron chi connectivity index (χ4n) is 2.00. The molecule has 1 N–H and O–H groups in total. The van der Waals surface area contributed by atoms with Gasteiger partial charge in [0.25, 0.3) is 5.91 Å². The second-order valence-electron chi connectivity index (χ2n) is 4.80. The van der Waals surface area contributed by atoms with Crippen molar-refractivity contribution in [1.29, 1.82) is 0 Å². The molecule has 5 nitrogen and oxygen atoms in total. The Hall–Kier alpha value is -1.45. The summed E-state index contributed by atoms with van der Waals surface area (Å²) in [6, 6.07) is 5.15. The smallest absolute Gasteiger partial charge is 0.266 e. The van der Waals surface area contributed by atoms with Gasteiger partial charge in [-0.3, -0.25) is 14.5 Å². The third-order valence-corrected chi connectivity index (χ3v) is 6.02. The number of carbonyl (C=O) groups excluding carboxylic acids is 2. The highest BCUT2D eigenvalue weighted by Gasteiger charge is 2.33. The number of amides is 2. The molecule has 25 heavy (non-hydrogen) atoms. The quantitative estimate of drug-likeness (QED) is 0.579. The van der Waals surface area contributed by atoms with Crippen molar-refractivity contribution in [3.63, 3.8) is 0 Å². The van der Waals surface area contributed by atoms with E-state index in [0.717, 1.165) is 11.8 Å². The summed E-state index contributed by atoms with van der Waals surface area (Å²) in [6.45, 7) is -0.176. The number of nitrogens with one attached hydrogen (secondary N) is 1. The summed E-state index contributed by atoms with van der Waals surface area (Å²) in [5, 5.41) is 5.58. The number of hydrogen-bond acceptors (Lipinski definition) is 6. The highest BCUT2D eigenvalue weighted by Crippen LogP contribution is 2.35. The van der Waals surface area contributed by atoms with E-state index in [1.165, 1.54) is 16.2 Å². The van der Waals surface area contributed by atoms with E-state index in [9.17, 15) is 9.59 Å². The number of aromatic nitrogens is 1. The first-order valence-electron chi connectivity index (χ1n) is 6.84. The molecule has 0 radical (unpaired) electrons. The zero-order valence-electron chi connectivity index (χ0n) is 12.4. The lowest BCUT2D eigenvalue weighted by molar-refractivity contribution is -0.126. The Balaban J connectivity index is 1.74. The first-order valence-corrected chi connectivity index (χ1v) is 9.70. The van der Waals surface area contributed by atoms with Crippen molar-refractivity contribution in [2.75, 3.05) is 11.9 Å². The molecule has 10 heteroatoms. The van der Waals surface area contributed by atoms with Crippen molar-refractivity contribution in [2.45, 2.75) is 0 Å². The predicted octanol–water partition coefficient (Wildman–Crippen LogP) is 4.29. The molecule has 1 saturated heterocycles. The number of thiazole rings is 1. The van der Waals surface area contributed by atoms with E-state index in [4.69, 9.17) is 35.4 Å². The number of halogens is 2. The molecule has 1 aromatic carbocycles. The van der Waals surface area contributed by atoms with Gasteiger partial charge in [0, 0.05) is 11.6 Å².